The summed E-state index contributed by atoms with van der Waals surface area (Å²) >= 11 is 11.7. The van der Waals surface area contributed by atoms with Crippen molar-refractivity contribution in [2.45, 2.75) is 26.9 Å². The lowest BCUT2D eigenvalue weighted by Gasteiger charge is -2.25. The zero-order valence-corrected chi connectivity index (χ0v) is 20.2. The van der Waals surface area contributed by atoms with Crippen LogP contribution in [0.15, 0.2) is 71.2 Å². The molecule has 0 aliphatic carbocycles. The van der Waals surface area contributed by atoms with Crippen molar-refractivity contribution in [3.8, 4) is 24.0 Å². The molecule has 33 heavy (non-hydrogen) atoms. The Morgan fingerprint density at radius 3 is 2.36 bits per heavy atom. The van der Waals surface area contributed by atoms with Crippen molar-refractivity contribution < 1.29 is 14.3 Å². The molecule has 4 nitrogen and oxygen atoms in total. The molecule has 0 amide bonds. The predicted octanol–water partition coefficient (Wildman–Crippen LogP) is 7.47. The SMILES string of the molecule is C#CC(OC(=O)C(C(C)C)C(C)C=C(Cl)Cl)c1cc(Oc2ccccc2)nc2ccccc12. The third kappa shape index (κ3) is 6.28. The van der Waals surface area contributed by atoms with E-state index in [0.717, 1.165) is 5.39 Å². The zero-order valence-electron chi connectivity index (χ0n) is 18.7. The Kier molecular flexibility index (Phi) is 8.38. The third-order valence-electron chi connectivity index (χ3n) is 5.30. The number of rotatable bonds is 8. The fourth-order valence-electron chi connectivity index (χ4n) is 3.83. The number of terminal acetylenes is 1. The average Bonchev–Trinajstić information content (AvgIpc) is 2.77. The first-order chi connectivity index (χ1) is 15.8. The van der Waals surface area contributed by atoms with Gasteiger partial charge in [0, 0.05) is 17.0 Å². The van der Waals surface area contributed by atoms with Gasteiger partial charge in [-0.15, -0.1) is 6.42 Å². The van der Waals surface area contributed by atoms with E-state index in [0.29, 0.717) is 22.7 Å². The van der Waals surface area contributed by atoms with Crippen LogP contribution in [0.4, 0.5) is 0 Å². The Morgan fingerprint density at radius 2 is 1.73 bits per heavy atom. The Morgan fingerprint density at radius 1 is 1.06 bits per heavy atom. The molecule has 0 saturated heterocycles. The van der Waals surface area contributed by atoms with E-state index in [2.05, 4.69) is 10.9 Å². The molecule has 3 unspecified atom stereocenters. The van der Waals surface area contributed by atoms with Crippen LogP contribution >= 0.6 is 23.2 Å². The minimum atomic E-state index is -0.924. The normalized spacial score (nSPS) is 13.6. The van der Waals surface area contributed by atoms with Gasteiger partial charge in [-0.3, -0.25) is 4.79 Å². The number of esters is 1. The molecule has 0 saturated carbocycles. The summed E-state index contributed by atoms with van der Waals surface area (Å²) in [7, 11) is 0. The lowest BCUT2D eigenvalue weighted by atomic mass is 9.84. The Labute approximate surface area is 204 Å². The van der Waals surface area contributed by atoms with Crippen molar-refractivity contribution >= 4 is 40.1 Å². The van der Waals surface area contributed by atoms with Crippen molar-refractivity contribution in [3.63, 3.8) is 0 Å². The number of carbonyl (C=O) groups is 1. The monoisotopic (exact) mass is 481 g/mol. The highest BCUT2D eigenvalue weighted by atomic mass is 35.5. The standard InChI is InChI=1S/C27H25Cl2NO3/c1-5-23(33-27(31)26(17(2)3)18(4)15-24(28)29)21-16-25(32-19-11-7-6-8-12-19)30-22-14-10-9-13-20(21)22/h1,6-18,23,26H,2-4H3. The number of hydrogen-bond acceptors (Lipinski definition) is 4. The van der Waals surface area contributed by atoms with Gasteiger partial charge in [0.15, 0.2) is 6.10 Å². The number of benzene rings is 2. The van der Waals surface area contributed by atoms with Crippen molar-refractivity contribution in [2.75, 3.05) is 0 Å². The van der Waals surface area contributed by atoms with Gasteiger partial charge in [-0.25, -0.2) is 4.98 Å². The number of para-hydroxylation sites is 2. The number of fused-ring (bicyclic) bond motifs is 1. The zero-order chi connectivity index (χ0) is 24.0. The Bertz CT molecular complexity index is 1180. The molecule has 0 aliphatic heterocycles. The molecule has 3 aromatic rings. The highest BCUT2D eigenvalue weighted by Crippen LogP contribution is 2.33. The van der Waals surface area contributed by atoms with Crippen molar-refractivity contribution in [1.82, 2.24) is 4.98 Å². The maximum absolute atomic E-state index is 13.2. The molecule has 3 atom stereocenters. The van der Waals surface area contributed by atoms with E-state index in [1.165, 1.54) is 0 Å². The number of halogens is 2. The lowest BCUT2D eigenvalue weighted by Crippen LogP contribution is -2.29. The molecule has 0 spiro atoms. The van der Waals surface area contributed by atoms with Crippen molar-refractivity contribution in [2.24, 2.45) is 17.8 Å². The summed E-state index contributed by atoms with van der Waals surface area (Å²) in [5.41, 5.74) is 1.31. The number of hydrogen-bond donors (Lipinski definition) is 0. The second kappa shape index (κ2) is 11.2. The highest BCUT2D eigenvalue weighted by Gasteiger charge is 2.31. The minimum Gasteiger partial charge on any atom is -0.444 e. The van der Waals surface area contributed by atoms with Gasteiger partial charge < -0.3 is 9.47 Å². The first-order valence-electron chi connectivity index (χ1n) is 10.6. The van der Waals surface area contributed by atoms with Gasteiger partial charge in [0.25, 0.3) is 0 Å². The van der Waals surface area contributed by atoms with Crippen LogP contribution < -0.4 is 4.74 Å². The molecule has 6 heteroatoms. The third-order valence-corrected chi connectivity index (χ3v) is 5.56. The number of pyridine rings is 1. The van der Waals surface area contributed by atoms with Crippen LogP contribution in [0.3, 0.4) is 0 Å². The number of allylic oxidation sites excluding steroid dienone is 1. The summed E-state index contributed by atoms with van der Waals surface area (Å²) in [6, 6.07) is 18.5. The maximum Gasteiger partial charge on any atom is 0.311 e. The topological polar surface area (TPSA) is 48.4 Å². The van der Waals surface area contributed by atoms with Gasteiger partial charge >= 0.3 is 5.97 Å². The fourth-order valence-corrected chi connectivity index (χ4v) is 4.23. The molecule has 1 aromatic heterocycles. The van der Waals surface area contributed by atoms with Gasteiger partial charge in [0.05, 0.1) is 11.4 Å². The molecule has 170 valence electrons. The molecule has 1 heterocycles. The number of aromatic nitrogens is 1. The van der Waals surface area contributed by atoms with E-state index in [-0.39, 0.29) is 16.3 Å². The molecule has 3 rings (SSSR count). The lowest BCUT2D eigenvalue weighted by molar-refractivity contribution is -0.154. The van der Waals surface area contributed by atoms with Crippen LogP contribution in [-0.2, 0) is 9.53 Å². The number of ether oxygens (including phenoxy) is 2. The van der Waals surface area contributed by atoms with Crippen molar-refractivity contribution in [3.05, 3.63) is 76.8 Å². The first-order valence-corrected chi connectivity index (χ1v) is 11.4. The number of carbonyl (C=O) groups excluding carboxylic acids is 1. The molecule has 2 aromatic carbocycles. The second-order valence-electron chi connectivity index (χ2n) is 8.05. The van der Waals surface area contributed by atoms with Crippen LogP contribution in [-0.4, -0.2) is 11.0 Å². The van der Waals surface area contributed by atoms with Crippen LogP contribution in [0.25, 0.3) is 10.9 Å². The summed E-state index contributed by atoms with van der Waals surface area (Å²) in [6.45, 7) is 5.75. The molecule has 0 aliphatic rings. The Balaban J connectivity index is 1.97. The average molecular weight is 482 g/mol. The molecule has 0 radical (unpaired) electrons. The molecule has 0 N–H and O–H groups in total. The van der Waals surface area contributed by atoms with E-state index >= 15 is 0 Å². The van der Waals surface area contributed by atoms with Gasteiger partial charge in [0.1, 0.15) is 10.2 Å². The predicted molar refractivity (Wildman–Crippen MR) is 133 cm³/mol. The van der Waals surface area contributed by atoms with Crippen molar-refractivity contribution in [1.29, 1.82) is 0 Å². The summed E-state index contributed by atoms with van der Waals surface area (Å²) in [6.07, 6.45) is 6.55. The smallest absolute Gasteiger partial charge is 0.311 e. The van der Waals surface area contributed by atoms with E-state index < -0.39 is 18.0 Å². The summed E-state index contributed by atoms with van der Waals surface area (Å²) in [5.74, 6) is 2.48. The van der Waals surface area contributed by atoms with E-state index in [1.54, 1.807) is 12.1 Å². The van der Waals surface area contributed by atoms with E-state index in [1.807, 2.05) is 75.4 Å². The van der Waals surface area contributed by atoms with Gasteiger partial charge in [-0.1, -0.05) is 92.4 Å². The minimum absolute atomic E-state index is 0.0129. The van der Waals surface area contributed by atoms with Crippen LogP contribution in [0, 0.1) is 30.1 Å². The summed E-state index contributed by atoms with van der Waals surface area (Å²) in [4.78, 5) is 17.8. The molecule has 0 fully saturated rings. The molecule has 0 bridgehead atoms. The summed E-state index contributed by atoms with van der Waals surface area (Å²) in [5, 5.41) is 0.784. The quantitative estimate of drug-likeness (QED) is 0.247. The van der Waals surface area contributed by atoms with Gasteiger partial charge in [-0.05, 0) is 30.0 Å². The first kappa shape index (κ1) is 24.6. The van der Waals surface area contributed by atoms with E-state index in [9.17, 15) is 4.79 Å². The van der Waals surface area contributed by atoms with Crippen LogP contribution in [0.2, 0.25) is 0 Å². The van der Waals surface area contributed by atoms with Crippen LogP contribution in [0.1, 0.15) is 32.4 Å². The number of nitrogens with zero attached hydrogens (tertiary/aromatic N) is 1. The Hall–Kier alpha value is -3.00. The maximum atomic E-state index is 13.2. The molecular weight excluding hydrogens is 457 g/mol. The largest absolute Gasteiger partial charge is 0.444 e. The highest BCUT2D eigenvalue weighted by molar-refractivity contribution is 6.55. The van der Waals surface area contributed by atoms with Crippen LogP contribution in [0.5, 0.6) is 11.6 Å². The van der Waals surface area contributed by atoms with E-state index in [4.69, 9.17) is 39.1 Å². The second-order valence-corrected chi connectivity index (χ2v) is 9.06. The van der Waals surface area contributed by atoms with Gasteiger partial charge in [-0.2, -0.15) is 0 Å². The fraction of sp³-hybridized carbons (Fsp3) is 0.259. The summed E-state index contributed by atoms with van der Waals surface area (Å²) < 4.78 is 11.9. The van der Waals surface area contributed by atoms with Gasteiger partial charge in [0.2, 0.25) is 5.88 Å². The molecular formula is C27H25Cl2NO3.